The van der Waals surface area contributed by atoms with Crippen molar-refractivity contribution in [2.75, 3.05) is 20.3 Å². The van der Waals surface area contributed by atoms with E-state index in [-0.39, 0.29) is 18.8 Å². The van der Waals surface area contributed by atoms with Gasteiger partial charge in [0, 0.05) is 26.3 Å². The van der Waals surface area contributed by atoms with Crippen LogP contribution in [0.5, 0.6) is 0 Å². The molecule has 0 aliphatic heterocycles. The van der Waals surface area contributed by atoms with Crippen molar-refractivity contribution in [3.63, 3.8) is 0 Å². The number of methoxy groups -OCH3 is 1. The molecule has 0 radical (unpaired) electrons. The first-order chi connectivity index (χ1) is 15.1. The second kappa shape index (κ2) is 11.3. The van der Waals surface area contributed by atoms with Crippen molar-refractivity contribution in [3.8, 4) is 0 Å². The maximum Gasteiger partial charge on any atom is 0.389 e. The third kappa shape index (κ3) is 8.43. The van der Waals surface area contributed by atoms with Gasteiger partial charge in [-0.25, -0.2) is 10.8 Å². The van der Waals surface area contributed by atoms with Gasteiger partial charge < -0.3 is 31.1 Å². The number of fused-ring (bicyclic) bond motifs is 1. The smallest absolute Gasteiger partial charge is 0.389 e. The lowest BCUT2D eigenvalue weighted by Gasteiger charge is -2.13. The Morgan fingerprint density at radius 2 is 2.03 bits per heavy atom. The van der Waals surface area contributed by atoms with E-state index < -0.39 is 30.8 Å². The van der Waals surface area contributed by atoms with Crippen LogP contribution >= 0.6 is 0 Å². The number of carbonyl (C=O) groups is 2. The van der Waals surface area contributed by atoms with Crippen LogP contribution in [0.15, 0.2) is 30.1 Å². The zero-order valence-electron chi connectivity index (χ0n) is 17.5. The molecule has 0 spiro atoms. The predicted octanol–water partition coefficient (Wildman–Crippen LogP) is 0.760. The average molecular weight is 457 g/mol. The van der Waals surface area contributed by atoms with Crippen LogP contribution in [0.3, 0.4) is 0 Å². The molecule has 7 N–H and O–H groups in total. The minimum absolute atomic E-state index is 0.0776. The monoisotopic (exact) mass is 457 g/mol. The van der Waals surface area contributed by atoms with Crippen molar-refractivity contribution in [3.05, 3.63) is 41.5 Å². The first-order valence-corrected chi connectivity index (χ1v) is 9.64. The van der Waals surface area contributed by atoms with Crippen molar-refractivity contribution >= 4 is 22.8 Å². The van der Waals surface area contributed by atoms with Crippen LogP contribution in [0.2, 0.25) is 0 Å². The number of hydrogen-bond acceptors (Lipinski definition) is 7. The highest BCUT2D eigenvalue weighted by Crippen LogP contribution is 2.21. The van der Waals surface area contributed by atoms with E-state index in [0.717, 1.165) is 0 Å². The summed E-state index contributed by atoms with van der Waals surface area (Å²) in [6.45, 7) is 0.894. The predicted molar refractivity (Wildman–Crippen MR) is 110 cm³/mol. The van der Waals surface area contributed by atoms with Gasteiger partial charge in [-0.15, -0.1) is 0 Å². The van der Waals surface area contributed by atoms with E-state index in [1.807, 2.05) is 0 Å². The number of imidazole rings is 1. The van der Waals surface area contributed by atoms with Crippen LogP contribution in [-0.2, 0) is 27.4 Å². The molecule has 0 aliphatic rings. The summed E-state index contributed by atoms with van der Waals surface area (Å²) in [6.07, 6.45) is -4.86. The Hall–Kier alpha value is -3.32. The second-order valence-electron chi connectivity index (χ2n) is 6.92. The van der Waals surface area contributed by atoms with Crippen molar-refractivity contribution in [1.82, 2.24) is 25.6 Å². The van der Waals surface area contributed by atoms with Crippen molar-refractivity contribution in [1.29, 1.82) is 0 Å². The third-order valence-electron chi connectivity index (χ3n) is 4.26. The van der Waals surface area contributed by atoms with Crippen LogP contribution in [0.4, 0.5) is 13.2 Å². The standard InChI is InChI=1S/C19H26F3N7O3/c1-32-7-6-29(24)11-13(23)18(31)26-10-16-27-14-3-2-12(8-15(14)28-16)9-25-17(30)4-5-19(20,21)22/h2-3,8,11H,4-7,9-10,23-24H2,1H3,(H,25,30)(H,26,31)(H,27,28)/b13-11-. The second-order valence-corrected chi connectivity index (χ2v) is 6.92. The number of aromatic nitrogens is 2. The van der Waals surface area contributed by atoms with Gasteiger partial charge in [0.1, 0.15) is 11.5 Å². The van der Waals surface area contributed by atoms with Crippen LogP contribution in [-0.4, -0.2) is 53.2 Å². The molecule has 1 aromatic carbocycles. The lowest BCUT2D eigenvalue weighted by Crippen LogP contribution is -2.34. The molecule has 0 saturated heterocycles. The number of nitrogens with one attached hydrogen (secondary N) is 3. The fourth-order valence-corrected chi connectivity index (χ4v) is 2.61. The Kier molecular flexibility index (Phi) is 8.84. The third-order valence-corrected chi connectivity index (χ3v) is 4.26. The summed E-state index contributed by atoms with van der Waals surface area (Å²) >= 11 is 0. The molecule has 1 aromatic heterocycles. The molecular weight excluding hydrogens is 431 g/mol. The molecule has 13 heteroatoms. The number of hydrazine groups is 1. The summed E-state index contributed by atoms with van der Waals surface area (Å²) in [5.41, 5.74) is 7.58. The van der Waals surface area contributed by atoms with E-state index in [1.54, 1.807) is 18.2 Å². The Morgan fingerprint density at radius 1 is 1.28 bits per heavy atom. The van der Waals surface area contributed by atoms with Gasteiger partial charge >= 0.3 is 6.18 Å². The molecule has 10 nitrogen and oxygen atoms in total. The van der Waals surface area contributed by atoms with Gasteiger partial charge in [0.15, 0.2) is 0 Å². The number of ether oxygens (including phenoxy) is 1. The number of nitrogens with zero attached hydrogens (tertiary/aromatic N) is 2. The molecule has 0 fully saturated rings. The topological polar surface area (TPSA) is 151 Å². The summed E-state index contributed by atoms with van der Waals surface area (Å²) in [5, 5.41) is 6.30. The highest BCUT2D eigenvalue weighted by atomic mass is 19.4. The minimum atomic E-state index is -4.37. The van der Waals surface area contributed by atoms with Gasteiger partial charge in [0.2, 0.25) is 5.91 Å². The van der Waals surface area contributed by atoms with Gasteiger partial charge in [-0.3, -0.25) is 9.59 Å². The van der Waals surface area contributed by atoms with Gasteiger partial charge in [-0.05, 0) is 17.7 Å². The van der Waals surface area contributed by atoms with E-state index in [0.29, 0.717) is 35.6 Å². The molecule has 176 valence electrons. The molecule has 0 aliphatic carbocycles. The van der Waals surface area contributed by atoms with Crippen LogP contribution in [0, 0.1) is 0 Å². The van der Waals surface area contributed by atoms with E-state index in [4.69, 9.17) is 16.3 Å². The van der Waals surface area contributed by atoms with Gasteiger partial charge in [0.25, 0.3) is 5.91 Å². The number of nitrogens with two attached hydrogens (primary N) is 2. The highest BCUT2D eigenvalue weighted by Gasteiger charge is 2.27. The number of alkyl halides is 3. The molecule has 2 rings (SSSR count). The van der Waals surface area contributed by atoms with Crippen molar-refractivity contribution < 1.29 is 27.5 Å². The quantitative estimate of drug-likeness (QED) is 0.190. The summed E-state index contributed by atoms with van der Waals surface area (Å²) in [7, 11) is 1.53. The van der Waals surface area contributed by atoms with Gasteiger partial charge in [-0.1, -0.05) is 6.07 Å². The molecule has 0 atom stereocenters. The Bertz CT molecular complexity index is 959. The number of amides is 2. The summed E-state index contributed by atoms with van der Waals surface area (Å²) in [6, 6.07) is 5.12. The van der Waals surface area contributed by atoms with Crippen LogP contribution in [0.1, 0.15) is 24.2 Å². The molecule has 0 unspecified atom stereocenters. The molecule has 2 amide bonds. The molecular formula is C19H26F3N7O3. The Labute approximate surface area is 182 Å². The lowest BCUT2D eigenvalue weighted by atomic mass is 10.2. The zero-order valence-corrected chi connectivity index (χ0v) is 17.5. The maximum atomic E-state index is 12.2. The summed E-state index contributed by atoms with van der Waals surface area (Å²) in [4.78, 5) is 31.0. The molecule has 0 saturated carbocycles. The first-order valence-electron chi connectivity index (χ1n) is 9.64. The van der Waals surface area contributed by atoms with Crippen LogP contribution < -0.4 is 22.2 Å². The maximum absolute atomic E-state index is 12.2. The lowest BCUT2D eigenvalue weighted by molar-refractivity contribution is -0.144. The van der Waals surface area contributed by atoms with Crippen molar-refractivity contribution in [2.24, 2.45) is 11.6 Å². The molecule has 0 bridgehead atoms. The van der Waals surface area contributed by atoms with Crippen molar-refractivity contribution in [2.45, 2.75) is 32.1 Å². The zero-order chi connectivity index (χ0) is 23.7. The number of aromatic amines is 1. The number of carbonyl (C=O) groups excluding carboxylic acids is 2. The number of benzene rings is 1. The van der Waals surface area contributed by atoms with Gasteiger partial charge in [0.05, 0.1) is 37.2 Å². The SMILES string of the molecule is COCCN(N)/C=C(\N)C(=O)NCc1nc2ccc(CNC(=O)CCC(F)(F)F)cc2[nH]1. The highest BCUT2D eigenvalue weighted by molar-refractivity contribution is 5.92. The average Bonchev–Trinajstić information content (AvgIpc) is 3.14. The molecule has 32 heavy (non-hydrogen) atoms. The van der Waals surface area contributed by atoms with E-state index in [2.05, 4.69) is 20.6 Å². The van der Waals surface area contributed by atoms with E-state index in [1.165, 1.54) is 18.3 Å². The number of hydrogen-bond donors (Lipinski definition) is 5. The largest absolute Gasteiger partial charge is 0.393 e. The van der Waals surface area contributed by atoms with Crippen LogP contribution in [0.25, 0.3) is 11.0 Å². The van der Waals surface area contributed by atoms with E-state index >= 15 is 0 Å². The fourth-order valence-electron chi connectivity index (χ4n) is 2.61. The Morgan fingerprint density at radius 3 is 2.72 bits per heavy atom. The first kappa shape index (κ1) is 24.9. The van der Waals surface area contributed by atoms with E-state index in [9.17, 15) is 22.8 Å². The number of rotatable bonds is 11. The molecule has 1 heterocycles. The Balaban J connectivity index is 1.89. The number of halogens is 3. The molecule has 2 aromatic rings. The summed E-state index contributed by atoms with van der Waals surface area (Å²) in [5.74, 6) is 4.93. The minimum Gasteiger partial charge on any atom is -0.393 e. The summed E-state index contributed by atoms with van der Waals surface area (Å²) < 4.78 is 41.4. The van der Waals surface area contributed by atoms with Gasteiger partial charge in [-0.2, -0.15) is 13.2 Å². The fraction of sp³-hybridized carbons (Fsp3) is 0.421. The normalized spacial score (nSPS) is 12.1. The number of H-pyrrole nitrogens is 1.